The molecule has 0 fully saturated rings. The molecule has 0 aliphatic rings. The predicted molar refractivity (Wildman–Crippen MR) is 181 cm³/mol. The Morgan fingerprint density at radius 3 is 0.625 bits per heavy atom. The fourth-order valence-electron chi connectivity index (χ4n) is 1.53. The Balaban J connectivity index is -0.0000000842. The molecule has 4 N–H and O–H groups in total. The van der Waals surface area contributed by atoms with Crippen molar-refractivity contribution in [3.8, 4) is 0 Å². The quantitative estimate of drug-likeness (QED) is 0.209. The number of benzene rings is 2. The summed E-state index contributed by atoms with van der Waals surface area (Å²) in [7, 11) is 6.50. The Labute approximate surface area is 247 Å². The Kier molecular flexibility index (Phi) is 73.9. The zero-order valence-corrected chi connectivity index (χ0v) is 27.4. The third-order valence-electron chi connectivity index (χ3n) is 2.73. The molecule has 0 aliphatic carbocycles. The standard InChI is InChI=1S/2C6H7N.2C5H5N.2C2H6O.4C2H6/c2*7-6-4-2-1-3-5-6;2*1-2-4-6-5-3-1;2*1-3-2;4*1-2/h2*1-5H,7H2;2*1-5H;2*1-2H3;4*1-2H3. The Hall–Kier alpha value is -3.74. The van der Waals surface area contributed by atoms with Gasteiger partial charge in [-0.2, -0.15) is 0 Å². The molecule has 6 nitrogen and oxygen atoms in total. The van der Waals surface area contributed by atoms with Gasteiger partial charge in [0.1, 0.15) is 0 Å². The van der Waals surface area contributed by atoms with Gasteiger partial charge in [-0.3, -0.25) is 9.97 Å². The number of hydrogen-bond acceptors (Lipinski definition) is 6. The third-order valence-corrected chi connectivity index (χ3v) is 2.73. The lowest BCUT2D eigenvalue weighted by molar-refractivity contribution is 0.277. The molecule has 4 rings (SSSR count). The van der Waals surface area contributed by atoms with Gasteiger partial charge in [0, 0.05) is 64.6 Å². The van der Waals surface area contributed by atoms with E-state index in [4.69, 9.17) is 11.5 Å². The molecule has 0 spiro atoms. The fraction of sp³-hybridized carbons (Fsp3) is 0.353. The van der Waals surface area contributed by atoms with Crippen molar-refractivity contribution in [1.29, 1.82) is 0 Å². The molecule has 0 atom stereocenters. The van der Waals surface area contributed by atoms with Crippen molar-refractivity contribution < 1.29 is 9.47 Å². The fourth-order valence-corrected chi connectivity index (χ4v) is 1.53. The summed E-state index contributed by atoms with van der Waals surface area (Å²) in [5.74, 6) is 0. The zero-order valence-electron chi connectivity index (χ0n) is 27.4. The molecule has 2 aromatic carbocycles. The van der Waals surface area contributed by atoms with Gasteiger partial charge in [-0.05, 0) is 48.5 Å². The van der Waals surface area contributed by atoms with Crippen LogP contribution < -0.4 is 11.5 Å². The first-order valence-electron chi connectivity index (χ1n) is 13.7. The van der Waals surface area contributed by atoms with E-state index in [-0.39, 0.29) is 0 Å². The van der Waals surface area contributed by atoms with Gasteiger partial charge in [0.2, 0.25) is 0 Å². The lowest BCUT2D eigenvalue weighted by Gasteiger charge is -1.83. The number of methoxy groups -OCH3 is 2. The van der Waals surface area contributed by atoms with Crippen LogP contribution in [-0.2, 0) is 9.47 Å². The van der Waals surface area contributed by atoms with Crippen LogP contribution in [-0.4, -0.2) is 38.4 Å². The number of rotatable bonds is 0. The highest BCUT2D eigenvalue weighted by molar-refractivity contribution is 5.36. The molecule has 0 unspecified atom stereocenters. The molecule has 0 amide bonds. The van der Waals surface area contributed by atoms with Crippen molar-refractivity contribution in [3.05, 3.63) is 122 Å². The van der Waals surface area contributed by atoms with E-state index in [0.717, 1.165) is 11.4 Å². The van der Waals surface area contributed by atoms with E-state index < -0.39 is 0 Å². The minimum Gasteiger partial charge on any atom is -0.399 e. The molecular weight excluding hydrogens is 496 g/mol. The molecule has 0 radical (unpaired) electrons. The first-order valence-corrected chi connectivity index (χ1v) is 13.7. The lowest BCUT2D eigenvalue weighted by Crippen LogP contribution is -1.79. The second-order valence-corrected chi connectivity index (χ2v) is 5.69. The predicted octanol–water partition coefficient (Wildman–Crippen LogP) is 9.33. The van der Waals surface area contributed by atoms with Gasteiger partial charge in [0.05, 0.1) is 0 Å². The molecule has 6 heteroatoms. The number of pyridine rings is 2. The van der Waals surface area contributed by atoms with Crippen molar-refractivity contribution in [2.45, 2.75) is 55.4 Å². The van der Waals surface area contributed by atoms with E-state index in [2.05, 4.69) is 19.4 Å². The van der Waals surface area contributed by atoms with E-state index >= 15 is 0 Å². The summed E-state index contributed by atoms with van der Waals surface area (Å²) in [5.41, 5.74) is 12.4. The number of aromatic nitrogens is 2. The van der Waals surface area contributed by atoms with E-state index in [0.29, 0.717) is 0 Å². The lowest BCUT2D eigenvalue weighted by atomic mass is 10.3. The molecule has 0 bridgehead atoms. The number of hydrogen-bond donors (Lipinski definition) is 2. The maximum atomic E-state index is 5.36. The van der Waals surface area contributed by atoms with Crippen molar-refractivity contribution in [1.82, 2.24) is 9.97 Å². The topological polar surface area (TPSA) is 96.3 Å². The first kappa shape index (κ1) is 49.2. The van der Waals surface area contributed by atoms with Crippen LogP contribution in [0.15, 0.2) is 122 Å². The third kappa shape index (κ3) is 64.4. The van der Waals surface area contributed by atoms with Crippen molar-refractivity contribution >= 4 is 11.4 Å². The Morgan fingerprint density at radius 2 is 0.550 bits per heavy atom. The number of anilines is 2. The van der Waals surface area contributed by atoms with Crippen LogP contribution in [0.25, 0.3) is 0 Å². The van der Waals surface area contributed by atoms with Gasteiger partial charge in [-0.25, -0.2) is 0 Å². The van der Waals surface area contributed by atoms with Crippen molar-refractivity contribution in [3.63, 3.8) is 0 Å². The van der Waals surface area contributed by atoms with E-state index in [1.807, 2.05) is 152 Å². The summed E-state index contributed by atoms with van der Waals surface area (Å²) in [6.45, 7) is 16.0. The van der Waals surface area contributed by atoms with Crippen LogP contribution in [0.2, 0.25) is 0 Å². The average Bonchev–Trinajstić information content (AvgIpc) is 3.05. The zero-order chi connectivity index (χ0) is 32.1. The first-order chi connectivity index (χ1) is 19.6. The van der Waals surface area contributed by atoms with Crippen LogP contribution in [0, 0.1) is 0 Å². The van der Waals surface area contributed by atoms with Gasteiger partial charge >= 0.3 is 0 Å². The molecule has 0 saturated heterocycles. The minimum absolute atomic E-state index is 0.822. The van der Waals surface area contributed by atoms with Crippen LogP contribution in [0.3, 0.4) is 0 Å². The molecule has 0 aliphatic heterocycles. The van der Waals surface area contributed by atoms with Gasteiger partial charge in [0.15, 0.2) is 0 Å². The molecule has 4 aromatic rings. The number of nitrogens with two attached hydrogens (primary N) is 2. The smallest absolute Gasteiger partial charge is 0.0351 e. The van der Waals surface area contributed by atoms with Crippen molar-refractivity contribution in [2.75, 3.05) is 39.9 Å². The average molecular weight is 557 g/mol. The van der Waals surface area contributed by atoms with Crippen LogP contribution in [0.1, 0.15) is 55.4 Å². The van der Waals surface area contributed by atoms with Crippen LogP contribution in [0.5, 0.6) is 0 Å². The maximum absolute atomic E-state index is 5.36. The van der Waals surface area contributed by atoms with E-state index in [1.54, 1.807) is 53.2 Å². The summed E-state index contributed by atoms with van der Waals surface area (Å²) in [5, 5.41) is 0. The maximum Gasteiger partial charge on any atom is 0.0351 e. The van der Waals surface area contributed by atoms with Gasteiger partial charge < -0.3 is 20.9 Å². The van der Waals surface area contributed by atoms with E-state index in [1.165, 1.54) is 0 Å². The summed E-state index contributed by atoms with van der Waals surface area (Å²) in [6.07, 6.45) is 7.00. The number of para-hydroxylation sites is 2. The second-order valence-electron chi connectivity index (χ2n) is 5.69. The summed E-state index contributed by atoms with van der Waals surface area (Å²) < 4.78 is 8.50. The number of ether oxygens (including phenoxy) is 2. The molecular formula is C34H60N4O2. The van der Waals surface area contributed by atoms with Gasteiger partial charge in [-0.15, -0.1) is 0 Å². The highest BCUT2D eigenvalue weighted by Gasteiger charge is 1.73. The monoisotopic (exact) mass is 556 g/mol. The van der Waals surface area contributed by atoms with Gasteiger partial charge in [0.25, 0.3) is 0 Å². The Bertz CT molecular complexity index is 668. The Morgan fingerprint density at radius 1 is 0.375 bits per heavy atom. The van der Waals surface area contributed by atoms with Crippen LogP contribution in [0.4, 0.5) is 11.4 Å². The van der Waals surface area contributed by atoms with E-state index in [9.17, 15) is 0 Å². The van der Waals surface area contributed by atoms with Gasteiger partial charge in [-0.1, -0.05) is 104 Å². The molecule has 2 aromatic heterocycles. The summed E-state index contributed by atoms with van der Waals surface area (Å²) >= 11 is 0. The minimum atomic E-state index is 0.822. The van der Waals surface area contributed by atoms with Crippen molar-refractivity contribution in [2.24, 2.45) is 0 Å². The number of nitrogen functional groups attached to an aromatic ring is 2. The summed E-state index contributed by atoms with van der Waals surface area (Å²) in [6, 6.07) is 30.4. The van der Waals surface area contributed by atoms with Crippen LogP contribution >= 0.6 is 0 Å². The molecule has 0 saturated carbocycles. The normalized spacial score (nSPS) is 6.90. The number of nitrogens with zero attached hydrogens (tertiary/aromatic N) is 2. The molecule has 2 heterocycles. The SMILES string of the molecule is CC.CC.CC.CC.COC.COC.Nc1ccccc1.Nc1ccccc1.c1ccncc1.c1ccncc1. The largest absolute Gasteiger partial charge is 0.399 e. The second kappa shape index (κ2) is 60.0. The highest BCUT2D eigenvalue weighted by atomic mass is 16.5. The summed E-state index contributed by atoms with van der Waals surface area (Å²) in [4.78, 5) is 7.57. The highest BCUT2D eigenvalue weighted by Crippen LogP contribution is 1.96. The molecule has 228 valence electrons. The molecule has 40 heavy (non-hydrogen) atoms.